The zero-order valence-corrected chi connectivity index (χ0v) is 12.3. The van der Waals surface area contributed by atoms with Gasteiger partial charge in [-0.1, -0.05) is 18.2 Å². The molecule has 3 N–H and O–H groups in total. The highest BCUT2D eigenvalue weighted by atomic mass is 79.9. The summed E-state index contributed by atoms with van der Waals surface area (Å²) in [5.74, 6) is 1.15. The molecule has 0 aliphatic heterocycles. The number of halogens is 1. The number of rotatable bonds is 3. The van der Waals surface area contributed by atoms with Gasteiger partial charge in [-0.3, -0.25) is 5.10 Å². The summed E-state index contributed by atoms with van der Waals surface area (Å²) in [6.07, 6.45) is 1.60. The minimum atomic E-state index is 0.414. The molecule has 0 amide bonds. The molecular weight excluding hydrogens is 322 g/mol. The number of nitrogen functional groups attached to an aromatic ring is 1. The summed E-state index contributed by atoms with van der Waals surface area (Å²) in [6.45, 7) is 0. The number of hydrogen-bond acceptors (Lipinski definition) is 4. The van der Waals surface area contributed by atoms with Crippen LogP contribution in [-0.4, -0.2) is 17.3 Å². The van der Waals surface area contributed by atoms with Crippen LogP contribution in [0.1, 0.15) is 0 Å². The fourth-order valence-corrected chi connectivity index (χ4v) is 2.59. The molecule has 0 aliphatic carbocycles. The number of nitrogens with two attached hydrogens (primary N) is 1. The second kappa shape index (κ2) is 5.05. The van der Waals surface area contributed by atoms with Crippen molar-refractivity contribution >= 4 is 21.7 Å². The molecule has 0 atom stereocenters. The Morgan fingerprint density at radius 1 is 1.25 bits per heavy atom. The Morgan fingerprint density at radius 2 is 2.05 bits per heavy atom. The highest BCUT2D eigenvalue weighted by molar-refractivity contribution is 9.10. The van der Waals surface area contributed by atoms with Crippen molar-refractivity contribution in [2.24, 2.45) is 0 Å². The van der Waals surface area contributed by atoms with Crippen LogP contribution in [0.5, 0.6) is 5.75 Å². The van der Waals surface area contributed by atoms with E-state index in [1.165, 1.54) is 0 Å². The highest BCUT2D eigenvalue weighted by Gasteiger charge is 2.20. The van der Waals surface area contributed by atoms with Crippen LogP contribution in [0, 0.1) is 0 Å². The molecule has 0 fully saturated rings. The lowest BCUT2D eigenvalue weighted by Crippen LogP contribution is -1.92. The summed E-state index contributed by atoms with van der Waals surface area (Å²) < 4.78 is 11.3. The van der Waals surface area contributed by atoms with E-state index in [-0.39, 0.29) is 0 Å². The molecule has 1 aromatic carbocycles. The Hall–Kier alpha value is -2.21. The van der Waals surface area contributed by atoms with E-state index in [1.807, 2.05) is 30.3 Å². The van der Waals surface area contributed by atoms with E-state index in [1.54, 1.807) is 13.4 Å². The first-order valence-electron chi connectivity index (χ1n) is 5.93. The largest absolute Gasteiger partial charge is 0.496 e. The number of nitrogens with one attached hydrogen (secondary N) is 1. The van der Waals surface area contributed by atoms with E-state index in [9.17, 15) is 0 Å². The number of ether oxygens (including phenoxy) is 1. The normalized spacial score (nSPS) is 10.7. The predicted molar refractivity (Wildman–Crippen MR) is 80.4 cm³/mol. The van der Waals surface area contributed by atoms with Crippen molar-refractivity contribution in [2.75, 3.05) is 12.8 Å². The molecule has 5 nitrogen and oxygen atoms in total. The van der Waals surface area contributed by atoms with Crippen molar-refractivity contribution in [3.63, 3.8) is 0 Å². The van der Waals surface area contributed by atoms with E-state index < -0.39 is 0 Å². The summed E-state index contributed by atoms with van der Waals surface area (Å²) in [5, 5.41) is 7.05. The van der Waals surface area contributed by atoms with E-state index in [0.717, 1.165) is 28.1 Å². The Morgan fingerprint density at radius 3 is 2.75 bits per heavy atom. The molecule has 3 aromatic rings. The molecule has 2 aromatic heterocycles. The topological polar surface area (TPSA) is 77.1 Å². The van der Waals surface area contributed by atoms with Crippen molar-refractivity contribution in [3.05, 3.63) is 41.3 Å². The Kier molecular flexibility index (Phi) is 3.23. The van der Waals surface area contributed by atoms with Crippen LogP contribution in [-0.2, 0) is 0 Å². The average Bonchev–Trinajstić information content (AvgIpc) is 3.04. The quantitative estimate of drug-likeness (QED) is 0.766. The van der Waals surface area contributed by atoms with Gasteiger partial charge in [-0.05, 0) is 28.1 Å². The number of H-pyrrole nitrogens is 1. The summed E-state index contributed by atoms with van der Waals surface area (Å²) in [6, 6.07) is 9.51. The number of hydrogen-bond donors (Lipinski definition) is 2. The van der Waals surface area contributed by atoms with Crippen molar-refractivity contribution in [1.29, 1.82) is 0 Å². The molecule has 0 unspecified atom stereocenters. The molecule has 2 heterocycles. The van der Waals surface area contributed by atoms with Crippen LogP contribution in [0.15, 0.2) is 45.7 Å². The Balaban J connectivity index is 2.25. The second-order valence-corrected chi connectivity index (χ2v) is 4.89. The van der Waals surface area contributed by atoms with Crippen LogP contribution < -0.4 is 10.5 Å². The van der Waals surface area contributed by atoms with Gasteiger partial charge in [-0.25, -0.2) is 0 Å². The number of aromatic amines is 1. The SMILES string of the molecule is COc1ccccc1-c1c(N)n[nH]c1-c1ccoc1Br. The number of benzene rings is 1. The average molecular weight is 334 g/mol. The molecule has 3 rings (SSSR count). The number of aromatic nitrogens is 2. The molecular formula is C14H12BrN3O2. The lowest BCUT2D eigenvalue weighted by Gasteiger charge is -2.09. The molecule has 0 saturated heterocycles. The molecule has 0 saturated carbocycles. The molecule has 6 heteroatoms. The van der Waals surface area contributed by atoms with Gasteiger partial charge in [-0.15, -0.1) is 0 Å². The van der Waals surface area contributed by atoms with Crippen LogP contribution in [0.2, 0.25) is 0 Å². The molecule has 0 radical (unpaired) electrons. The van der Waals surface area contributed by atoms with Crippen LogP contribution in [0.3, 0.4) is 0 Å². The predicted octanol–water partition coefficient (Wildman–Crippen LogP) is 3.69. The monoisotopic (exact) mass is 333 g/mol. The van der Waals surface area contributed by atoms with Gasteiger partial charge < -0.3 is 14.9 Å². The van der Waals surface area contributed by atoms with Gasteiger partial charge in [0.25, 0.3) is 0 Å². The third kappa shape index (κ3) is 1.98. The van der Waals surface area contributed by atoms with Gasteiger partial charge in [0.1, 0.15) is 5.75 Å². The maximum Gasteiger partial charge on any atom is 0.178 e. The molecule has 0 aliphatic rings. The van der Waals surface area contributed by atoms with Crippen molar-refractivity contribution < 1.29 is 9.15 Å². The number of furan rings is 1. The molecule has 0 bridgehead atoms. The lowest BCUT2D eigenvalue weighted by atomic mass is 10.0. The number of nitrogens with zero attached hydrogens (tertiary/aromatic N) is 1. The Bertz CT molecular complexity index is 748. The van der Waals surface area contributed by atoms with E-state index >= 15 is 0 Å². The van der Waals surface area contributed by atoms with Crippen molar-refractivity contribution in [1.82, 2.24) is 10.2 Å². The fraction of sp³-hybridized carbons (Fsp3) is 0.0714. The van der Waals surface area contributed by atoms with E-state index in [2.05, 4.69) is 26.1 Å². The van der Waals surface area contributed by atoms with Gasteiger partial charge in [0.15, 0.2) is 10.5 Å². The standard InChI is InChI=1S/C14H12BrN3O2/c1-19-10-5-3-2-4-8(10)11-12(17-18-14(11)16)9-6-7-20-13(9)15/h2-7H,1H3,(H3,16,17,18). The highest BCUT2D eigenvalue weighted by Crippen LogP contribution is 2.41. The first-order valence-corrected chi connectivity index (χ1v) is 6.72. The first kappa shape index (κ1) is 12.8. The van der Waals surface area contributed by atoms with Gasteiger partial charge >= 0.3 is 0 Å². The van der Waals surface area contributed by atoms with Crippen molar-refractivity contribution in [2.45, 2.75) is 0 Å². The van der Waals surface area contributed by atoms with Crippen molar-refractivity contribution in [3.8, 4) is 28.1 Å². The van der Waals surface area contributed by atoms with Gasteiger partial charge in [0.05, 0.1) is 30.2 Å². The first-order chi connectivity index (χ1) is 9.72. The molecule has 20 heavy (non-hydrogen) atoms. The molecule has 102 valence electrons. The minimum absolute atomic E-state index is 0.414. The fourth-order valence-electron chi connectivity index (χ4n) is 2.15. The summed E-state index contributed by atoms with van der Waals surface area (Å²) in [7, 11) is 1.63. The third-order valence-electron chi connectivity index (χ3n) is 3.06. The van der Waals surface area contributed by atoms with E-state index in [4.69, 9.17) is 14.9 Å². The van der Waals surface area contributed by atoms with Gasteiger partial charge in [0, 0.05) is 5.56 Å². The lowest BCUT2D eigenvalue weighted by molar-refractivity contribution is 0.416. The zero-order valence-electron chi connectivity index (χ0n) is 10.7. The summed E-state index contributed by atoms with van der Waals surface area (Å²) in [5.41, 5.74) is 9.33. The number of anilines is 1. The number of para-hydroxylation sites is 1. The number of methoxy groups -OCH3 is 1. The van der Waals surface area contributed by atoms with Crippen LogP contribution in [0.4, 0.5) is 5.82 Å². The van der Waals surface area contributed by atoms with Crippen LogP contribution in [0.25, 0.3) is 22.4 Å². The Labute approximate surface area is 123 Å². The maximum atomic E-state index is 6.01. The smallest absolute Gasteiger partial charge is 0.178 e. The summed E-state index contributed by atoms with van der Waals surface area (Å²) >= 11 is 3.37. The minimum Gasteiger partial charge on any atom is -0.496 e. The zero-order chi connectivity index (χ0) is 14.1. The van der Waals surface area contributed by atoms with Gasteiger partial charge in [0.2, 0.25) is 0 Å². The van der Waals surface area contributed by atoms with Gasteiger partial charge in [-0.2, -0.15) is 5.10 Å². The maximum absolute atomic E-state index is 6.01. The molecule has 0 spiro atoms. The summed E-state index contributed by atoms with van der Waals surface area (Å²) in [4.78, 5) is 0. The van der Waals surface area contributed by atoms with E-state index in [0.29, 0.717) is 10.5 Å². The third-order valence-corrected chi connectivity index (χ3v) is 3.67. The second-order valence-electron chi connectivity index (χ2n) is 4.17. The van der Waals surface area contributed by atoms with Crippen LogP contribution >= 0.6 is 15.9 Å².